The molecule has 0 saturated carbocycles. The number of hydrogen-bond acceptors (Lipinski definition) is 5. The monoisotopic (exact) mass is 585 g/mol. The van der Waals surface area contributed by atoms with Crippen LogP contribution < -0.4 is 14.4 Å². The van der Waals surface area contributed by atoms with Crippen LogP contribution in [0.3, 0.4) is 0 Å². The van der Waals surface area contributed by atoms with E-state index in [1.807, 2.05) is 13.8 Å². The maximum absolute atomic E-state index is 13.5. The van der Waals surface area contributed by atoms with Crippen molar-refractivity contribution in [2.45, 2.75) is 58.8 Å². The van der Waals surface area contributed by atoms with E-state index in [1.54, 1.807) is 31.2 Å². The SMILES string of the molecule is CCC(C(=O)NCC(C)C)N(Cc1ccc(OC)cc1)C(=O)CCCN(c1cccc(C(F)(F)F)c1)S(C)(=O)=O. The highest BCUT2D eigenvalue weighted by atomic mass is 32.2. The predicted molar refractivity (Wildman–Crippen MR) is 148 cm³/mol. The number of sulfonamides is 1. The van der Waals surface area contributed by atoms with Gasteiger partial charge in [0.2, 0.25) is 21.8 Å². The number of ether oxygens (including phenoxy) is 1. The third-order valence-electron chi connectivity index (χ3n) is 6.20. The molecule has 0 saturated heterocycles. The van der Waals surface area contributed by atoms with Gasteiger partial charge in [0, 0.05) is 26.1 Å². The van der Waals surface area contributed by atoms with Crippen molar-refractivity contribution in [3.05, 3.63) is 59.7 Å². The zero-order valence-corrected chi connectivity index (χ0v) is 24.3. The molecule has 0 aliphatic carbocycles. The van der Waals surface area contributed by atoms with Crippen molar-refractivity contribution < 1.29 is 35.9 Å². The molecule has 0 heterocycles. The minimum atomic E-state index is -4.64. The smallest absolute Gasteiger partial charge is 0.416 e. The van der Waals surface area contributed by atoms with Crippen LogP contribution >= 0.6 is 0 Å². The average molecular weight is 586 g/mol. The Balaban J connectivity index is 2.26. The standard InChI is InChI=1S/C28H38F3N3O5S/c1-6-25(27(36)32-18-20(2)3)33(19-21-12-14-24(39-4)15-13-21)26(35)11-8-16-34(40(5,37)38)23-10-7-9-22(17-23)28(29,30)31/h7,9-10,12-15,17,20,25H,6,8,11,16,18-19H2,1-5H3,(H,32,36). The Morgan fingerprint density at radius 1 is 1.07 bits per heavy atom. The highest BCUT2D eigenvalue weighted by Crippen LogP contribution is 2.32. The summed E-state index contributed by atoms with van der Waals surface area (Å²) in [4.78, 5) is 28.0. The van der Waals surface area contributed by atoms with Crippen LogP contribution in [0.15, 0.2) is 48.5 Å². The lowest BCUT2D eigenvalue weighted by molar-refractivity contribution is -0.141. The molecule has 2 amide bonds. The molecule has 0 spiro atoms. The third kappa shape index (κ3) is 9.72. The van der Waals surface area contributed by atoms with Crippen molar-refractivity contribution in [2.24, 2.45) is 5.92 Å². The summed E-state index contributed by atoms with van der Waals surface area (Å²) in [7, 11) is -2.40. The van der Waals surface area contributed by atoms with Gasteiger partial charge >= 0.3 is 6.18 Å². The van der Waals surface area contributed by atoms with Gasteiger partial charge in [-0.1, -0.05) is 39.0 Å². The quantitative estimate of drug-likeness (QED) is 0.342. The maximum Gasteiger partial charge on any atom is 0.416 e. The van der Waals surface area contributed by atoms with Crippen LogP contribution in [-0.2, 0) is 32.3 Å². The predicted octanol–water partition coefficient (Wildman–Crippen LogP) is 4.84. The molecule has 40 heavy (non-hydrogen) atoms. The fraction of sp³-hybridized carbons (Fsp3) is 0.500. The molecule has 0 bridgehead atoms. The molecule has 2 rings (SSSR count). The average Bonchev–Trinajstić information content (AvgIpc) is 2.88. The van der Waals surface area contributed by atoms with E-state index in [9.17, 15) is 31.2 Å². The van der Waals surface area contributed by atoms with E-state index in [0.29, 0.717) is 18.7 Å². The second-order valence-corrected chi connectivity index (χ2v) is 11.8. The zero-order chi connectivity index (χ0) is 30.1. The second-order valence-electron chi connectivity index (χ2n) is 9.92. The fourth-order valence-electron chi connectivity index (χ4n) is 4.11. The number of carbonyl (C=O) groups excluding carboxylic acids is 2. The molecule has 8 nitrogen and oxygen atoms in total. The van der Waals surface area contributed by atoms with E-state index in [1.165, 1.54) is 18.1 Å². The van der Waals surface area contributed by atoms with Gasteiger partial charge in [-0.15, -0.1) is 0 Å². The normalized spacial score (nSPS) is 12.6. The molecule has 2 aromatic rings. The number of halogens is 3. The number of methoxy groups -OCH3 is 1. The first-order chi connectivity index (χ1) is 18.7. The first-order valence-corrected chi connectivity index (χ1v) is 14.9. The molecule has 0 aromatic heterocycles. The van der Waals surface area contributed by atoms with Gasteiger partial charge in [0.15, 0.2) is 0 Å². The largest absolute Gasteiger partial charge is 0.497 e. The summed E-state index contributed by atoms with van der Waals surface area (Å²) >= 11 is 0. The van der Waals surface area contributed by atoms with E-state index >= 15 is 0 Å². The molecule has 0 radical (unpaired) electrons. The minimum absolute atomic E-state index is 0.0330. The summed E-state index contributed by atoms with van der Waals surface area (Å²) in [6.07, 6.45) is -3.47. The maximum atomic E-state index is 13.5. The minimum Gasteiger partial charge on any atom is -0.497 e. The van der Waals surface area contributed by atoms with E-state index < -0.39 is 27.8 Å². The van der Waals surface area contributed by atoms with Gasteiger partial charge in [-0.25, -0.2) is 8.42 Å². The molecule has 12 heteroatoms. The van der Waals surface area contributed by atoms with Crippen molar-refractivity contribution in [2.75, 3.05) is 30.8 Å². The molecule has 1 N–H and O–H groups in total. The lowest BCUT2D eigenvalue weighted by Gasteiger charge is -2.31. The number of alkyl halides is 3. The van der Waals surface area contributed by atoms with Gasteiger partial charge in [0.1, 0.15) is 11.8 Å². The van der Waals surface area contributed by atoms with Gasteiger partial charge in [-0.2, -0.15) is 13.2 Å². The Labute approximate surface area is 234 Å². The topological polar surface area (TPSA) is 96.0 Å². The first kappa shape index (κ1) is 32.9. The number of nitrogens with one attached hydrogen (secondary N) is 1. The summed E-state index contributed by atoms with van der Waals surface area (Å²) in [5, 5.41) is 2.87. The summed E-state index contributed by atoms with van der Waals surface area (Å²) < 4.78 is 70.6. The second kappa shape index (κ2) is 14.4. The van der Waals surface area contributed by atoms with Crippen LogP contribution in [0.1, 0.15) is 51.2 Å². The van der Waals surface area contributed by atoms with Crippen molar-refractivity contribution in [1.82, 2.24) is 10.2 Å². The van der Waals surface area contributed by atoms with Crippen molar-refractivity contribution in [1.29, 1.82) is 0 Å². The van der Waals surface area contributed by atoms with Crippen LogP contribution in [0.25, 0.3) is 0 Å². The molecule has 1 unspecified atom stereocenters. The molecule has 0 aliphatic rings. The van der Waals surface area contributed by atoms with Gasteiger partial charge < -0.3 is 15.0 Å². The summed E-state index contributed by atoms with van der Waals surface area (Å²) in [5.74, 6) is 0.184. The van der Waals surface area contributed by atoms with Crippen molar-refractivity contribution in [3.8, 4) is 5.75 Å². The van der Waals surface area contributed by atoms with E-state index in [0.717, 1.165) is 34.3 Å². The zero-order valence-electron chi connectivity index (χ0n) is 23.5. The fourth-order valence-corrected chi connectivity index (χ4v) is 5.07. The Bertz CT molecular complexity index is 1230. The molecule has 0 fully saturated rings. The van der Waals surface area contributed by atoms with Crippen LogP contribution in [0.2, 0.25) is 0 Å². The van der Waals surface area contributed by atoms with Crippen LogP contribution in [0.4, 0.5) is 18.9 Å². The van der Waals surface area contributed by atoms with Gasteiger partial charge in [-0.05, 0) is 54.7 Å². The Morgan fingerprint density at radius 3 is 2.25 bits per heavy atom. The molecule has 222 valence electrons. The lowest BCUT2D eigenvalue weighted by Crippen LogP contribution is -2.49. The Hall–Kier alpha value is -3.28. The Kier molecular flexibility index (Phi) is 11.8. The van der Waals surface area contributed by atoms with Crippen molar-refractivity contribution >= 4 is 27.5 Å². The number of benzene rings is 2. The number of hydrogen-bond donors (Lipinski definition) is 1. The summed E-state index contributed by atoms with van der Waals surface area (Å²) in [5.41, 5.74) is -0.344. The molecule has 2 aromatic carbocycles. The first-order valence-electron chi connectivity index (χ1n) is 13.0. The molecule has 1 atom stereocenters. The lowest BCUT2D eigenvalue weighted by atomic mass is 10.1. The van der Waals surface area contributed by atoms with Crippen LogP contribution in [0.5, 0.6) is 5.75 Å². The number of amides is 2. The summed E-state index contributed by atoms with van der Waals surface area (Å²) in [6.45, 7) is 6.09. The van der Waals surface area contributed by atoms with Gasteiger partial charge in [-0.3, -0.25) is 13.9 Å². The third-order valence-corrected chi connectivity index (χ3v) is 7.39. The number of rotatable bonds is 14. The van der Waals surface area contributed by atoms with E-state index in [4.69, 9.17) is 4.74 Å². The number of nitrogens with zero attached hydrogens (tertiary/aromatic N) is 2. The number of carbonyl (C=O) groups is 2. The van der Waals surface area contributed by atoms with Crippen LogP contribution in [0, 0.1) is 5.92 Å². The molecule has 0 aliphatic heterocycles. The van der Waals surface area contributed by atoms with Crippen molar-refractivity contribution in [3.63, 3.8) is 0 Å². The van der Waals surface area contributed by atoms with E-state index in [-0.39, 0.29) is 49.4 Å². The van der Waals surface area contributed by atoms with Crippen LogP contribution in [-0.4, -0.2) is 57.6 Å². The molecular weight excluding hydrogens is 547 g/mol. The highest BCUT2D eigenvalue weighted by molar-refractivity contribution is 7.92. The Morgan fingerprint density at radius 2 is 1.73 bits per heavy atom. The number of anilines is 1. The van der Waals surface area contributed by atoms with Gasteiger partial charge in [0.25, 0.3) is 0 Å². The summed E-state index contributed by atoms with van der Waals surface area (Å²) in [6, 6.07) is 10.4. The van der Waals surface area contributed by atoms with E-state index in [2.05, 4.69) is 5.32 Å². The highest BCUT2D eigenvalue weighted by Gasteiger charge is 2.32. The van der Waals surface area contributed by atoms with Gasteiger partial charge in [0.05, 0.1) is 24.6 Å². The molecular formula is C28H38F3N3O5S.